The summed E-state index contributed by atoms with van der Waals surface area (Å²) in [5.74, 6) is 0. The Morgan fingerprint density at radius 2 is 1.86 bits per heavy atom. The van der Waals surface area contributed by atoms with Crippen LogP contribution in [-0.2, 0) is 23.1 Å². The number of rotatable bonds is 5. The Kier molecular flexibility index (Phi) is 5.40. The maximum atomic E-state index is 12.3. The zero-order valence-electron chi connectivity index (χ0n) is 11.0. The molecule has 0 radical (unpaired) electrons. The van der Waals surface area contributed by atoms with Gasteiger partial charge in [0, 0.05) is 22.6 Å². The number of nitrogens with one attached hydrogen (secondary N) is 1. The summed E-state index contributed by atoms with van der Waals surface area (Å²) < 4.78 is 28.0. The average Bonchev–Trinajstić information content (AvgIpc) is 2.46. The minimum atomic E-state index is -3.61. The summed E-state index contributed by atoms with van der Waals surface area (Å²) in [7, 11) is -3.61. The van der Waals surface area contributed by atoms with Gasteiger partial charge in [-0.05, 0) is 35.4 Å². The predicted molar refractivity (Wildman–Crippen MR) is 87.5 cm³/mol. The Hall–Kier alpha value is -0.920. The molecule has 0 saturated carbocycles. The molecule has 0 atom stereocenters. The molecule has 2 aromatic carbocycles. The van der Waals surface area contributed by atoms with Gasteiger partial charge in [0.15, 0.2) is 0 Å². The van der Waals surface area contributed by atoms with Gasteiger partial charge in [-0.2, -0.15) is 0 Å². The molecule has 0 aliphatic rings. The summed E-state index contributed by atoms with van der Waals surface area (Å²) in [6, 6.07) is 11.9. The second-order valence-electron chi connectivity index (χ2n) is 4.37. The molecule has 112 valence electrons. The van der Waals surface area contributed by atoms with Crippen LogP contribution in [0.5, 0.6) is 0 Å². The average molecular weight is 390 g/mol. The molecule has 0 unspecified atom stereocenters. The van der Waals surface area contributed by atoms with Crippen molar-refractivity contribution in [2.75, 3.05) is 0 Å². The molecule has 0 bridgehead atoms. The van der Waals surface area contributed by atoms with Crippen LogP contribution in [0.15, 0.2) is 51.8 Å². The van der Waals surface area contributed by atoms with E-state index in [0.29, 0.717) is 10.6 Å². The lowest BCUT2D eigenvalue weighted by atomic mass is 10.2. The number of sulfonamides is 1. The monoisotopic (exact) mass is 388 g/mol. The number of nitrogens with two attached hydrogens (primary N) is 1. The molecule has 2 aromatic rings. The first-order valence-corrected chi connectivity index (χ1v) is 8.81. The fourth-order valence-electron chi connectivity index (χ4n) is 1.77. The second-order valence-corrected chi connectivity index (χ2v) is 7.40. The first-order valence-electron chi connectivity index (χ1n) is 6.15. The van der Waals surface area contributed by atoms with Crippen LogP contribution in [0.2, 0.25) is 5.02 Å². The molecule has 0 amide bonds. The van der Waals surface area contributed by atoms with Crippen molar-refractivity contribution in [3.63, 3.8) is 0 Å². The highest BCUT2D eigenvalue weighted by molar-refractivity contribution is 9.10. The van der Waals surface area contributed by atoms with Crippen LogP contribution >= 0.6 is 27.5 Å². The number of hydrogen-bond acceptors (Lipinski definition) is 3. The zero-order valence-corrected chi connectivity index (χ0v) is 14.2. The lowest BCUT2D eigenvalue weighted by Crippen LogP contribution is -2.23. The van der Waals surface area contributed by atoms with Gasteiger partial charge in [-0.15, -0.1) is 0 Å². The molecular weight excluding hydrogens is 376 g/mol. The minimum absolute atomic E-state index is 0.152. The van der Waals surface area contributed by atoms with Crippen LogP contribution in [0.4, 0.5) is 0 Å². The van der Waals surface area contributed by atoms with Crippen LogP contribution in [0.1, 0.15) is 11.1 Å². The van der Waals surface area contributed by atoms with Gasteiger partial charge in [-0.1, -0.05) is 45.7 Å². The zero-order chi connectivity index (χ0) is 15.5. The second kappa shape index (κ2) is 6.89. The summed E-state index contributed by atoms with van der Waals surface area (Å²) in [4.78, 5) is 0.152. The molecule has 2 rings (SSSR count). The Morgan fingerprint density at radius 1 is 1.14 bits per heavy atom. The molecule has 4 nitrogen and oxygen atoms in total. The normalized spacial score (nSPS) is 11.6. The summed E-state index contributed by atoms with van der Waals surface area (Å²) in [5, 5.41) is 0.460. The van der Waals surface area contributed by atoms with Gasteiger partial charge in [0.1, 0.15) is 0 Å². The van der Waals surface area contributed by atoms with Gasteiger partial charge in [0.05, 0.1) is 4.90 Å². The standard InChI is InChI=1S/C14H14BrClN2O2S/c15-13-4-2-1-3-10(13)9-18-21(19,20)12-5-6-14(16)11(7-12)8-17/h1-7,18H,8-9,17H2. The molecule has 0 heterocycles. The quantitative estimate of drug-likeness (QED) is 0.825. The van der Waals surface area contributed by atoms with Crippen molar-refractivity contribution in [3.8, 4) is 0 Å². The first-order chi connectivity index (χ1) is 9.94. The van der Waals surface area contributed by atoms with Crippen molar-refractivity contribution in [1.29, 1.82) is 0 Å². The van der Waals surface area contributed by atoms with Crippen LogP contribution in [0.3, 0.4) is 0 Å². The van der Waals surface area contributed by atoms with Crippen LogP contribution in [0.25, 0.3) is 0 Å². The highest BCUT2D eigenvalue weighted by atomic mass is 79.9. The molecule has 0 aromatic heterocycles. The van der Waals surface area contributed by atoms with E-state index >= 15 is 0 Å². The third-order valence-corrected chi connectivity index (χ3v) is 5.50. The highest BCUT2D eigenvalue weighted by Gasteiger charge is 2.15. The van der Waals surface area contributed by atoms with E-state index in [1.165, 1.54) is 18.2 Å². The Labute approximate surface area is 137 Å². The van der Waals surface area contributed by atoms with Crippen molar-refractivity contribution < 1.29 is 8.42 Å². The van der Waals surface area contributed by atoms with E-state index < -0.39 is 10.0 Å². The molecule has 3 N–H and O–H groups in total. The van der Waals surface area contributed by atoms with Crippen molar-refractivity contribution >= 4 is 37.6 Å². The number of halogens is 2. The maximum absolute atomic E-state index is 12.3. The molecule has 0 saturated heterocycles. The molecule has 0 aliphatic carbocycles. The third kappa shape index (κ3) is 4.05. The van der Waals surface area contributed by atoms with Gasteiger partial charge < -0.3 is 5.73 Å². The van der Waals surface area contributed by atoms with E-state index in [1.54, 1.807) is 0 Å². The lowest BCUT2D eigenvalue weighted by molar-refractivity contribution is 0.581. The lowest BCUT2D eigenvalue weighted by Gasteiger charge is -2.10. The van der Waals surface area contributed by atoms with Gasteiger partial charge >= 0.3 is 0 Å². The van der Waals surface area contributed by atoms with Crippen molar-refractivity contribution in [2.45, 2.75) is 18.0 Å². The molecule has 0 fully saturated rings. The van der Waals surface area contributed by atoms with E-state index in [2.05, 4.69) is 20.7 Å². The summed E-state index contributed by atoms with van der Waals surface area (Å²) in [5.41, 5.74) is 7.00. The van der Waals surface area contributed by atoms with Crippen molar-refractivity contribution in [3.05, 3.63) is 63.1 Å². The van der Waals surface area contributed by atoms with E-state index in [4.69, 9.17) is 17.3 Å². The maximum Gasteiger partial charge on any atom is 0.240 e. The molecule has 0 spiro atoms. The van der Waals surface area contributed by atoms with Gasteiger partial charge in [0.2, 0.25) is 10.0 Å². The Bertz CT molecular complexity index is 750. The predicted octanol–water partition coefficient (Wildman–Crippen LogP) is 3.04. The fourth-order valence-corrected chi connectivity index (χ4v) is 3.45. The third-order valence-electron chi connectivity index (χ3n) is 2.96. The van der Waals surface area contributed by atoms with Gasteiger partial charge in [-0.3, -0.25) is 0 Å². The van der Waals surface area contributed by atoms with Crippen molar-refractivity contribution in [2.24, 2.45) is 5.73 Å². The Balaban J connectivity index is 2.21. The molecular formula is C14H14BrClN2O2S. The van der Waals surface area contributed by atoms with E-state index in [0.717, 1.165) is 10.0 Å². The smallest absolute Gasteiger partial charge is 0.240 e. The van der Waals surface area contributed by atoms with Crippen LogP contribution < -0.4 is 10.5 Å². The largest absolute Gasteiger partial charge is 0.326 e. The van der Waals surface area contributed by atoms with Gasteiger partial charge in [0.25, 0.3) is 0 Å². The van der Waals surface area contributed by atoms with Crippen molar-refractivity contribution in [1.82, 2.24) is 4.72 Å². The van der Waals surface area contributed by atoms with Crippen LogP contribution in [0, 0.1) is 0 Å². The first kappa shape index (κ1) is 16.5. The summed E-state index contributed by atoms with van der Waals surface area (Å²) >= 11 is 9.32. The van der Waals surface area contributed by atoms with E-state index in [-0.39, 0.29) is 18.0 Å². The Morgan fingerprint density at radius 3 is 2.52 bits per heavy atom. The van der Waals surface area contributed by atoms with Crippen LogP contribution in [-0.4, -0.2) is 8.42 Å². The van der Waals surface area contributed by atoms with Gasteiger partial charge in [-0.25, -0.2) is 13.1 Å². The molecule has 7 heteroatoms. The summed E-state index contributed by atoms with van der Waals surface area (Å²) in [6.07, 6.45) is 0. The van der Waals surface area contributed by atoms with E-state index in [9.17, 15) is 8.42 Å². The topological polar surface area (TPSA) is 72.2 Å². The number of hydrogen-bond donors (Lipinski definition) is 2. The minimum Gasteiger partial charge on any atom is -0.326 e. The fraction of sp³-hybridized carbons (Fsp3) is 0.143. The SMILES string of the molecule is NCc1cc(S(=O)(=O)NCc2ccccc2Br)ccc1Cl. The molecule has 0 aliphatic heterocycles. The van der Waals surface area contributed by atoms with E-state index in [1.807, 2.05) is 24.3 Å². The number of benzene rings is 2. The molecule has 21 heavy (non-hydrogen) atoms. The highest BCUT2D eigenvalue weighted by Crippen LogP contribution is 2.21. The summed E-state index contributed by atoms with van der Waals surface area (Å²) in [6.45, 7) is 0.386.